The van der Waals surface area contributed by atoms with Crippen LogP contribution in [0.1, 0.15) is 6.42 Å². The number of aromatic nitrogens is 2. The predicted molar refractivity (Wildman–Crippen MR) is 75.1 cm³/mol. The van der Waals surface area contributed by atoms with Crippen molar-refractivity contribution in [3.05, 3.63) is 42.7 Å². The third kappa shape index (κ3) is 2.32. The minimum absolute atomic E-state index is 0.0531. The smallest absolute Gasteiger partial charge is 0.246 e. The molecule has 2 heterocycles. The second kappa shape index (κ2) is 4.97. The number of rotatable bonds is 4. The number of sulfonamides is 1. The highest BCUT2D eigenvalue weighted by atomic mass is 32.2. The molecule has 1 aliphatic rings. The minimum Gasteiger partial charge on any atom is -0.368 e. The molecule has 1 aliphatic heterocycles. The monoisotopic (exact) mass is 306 g/mol. The van der Waals surface area contributed by atoms with E-state index in [0.717, 1.165) is 9.99 Å². The third-order valence-electron chi connectivity index (χ3n) is 3.49. The maximum atomic E-state index is 12.4. The number of hydrogen-bond donors (Lipinski definition) is 1. The molecule has 1 aromatic carbocycles. The van der Waals surface area contributed by atoms with Crippen LogP contribution in [0.3, 0.4) is 0 Å². The average molecular weight is 306 g/mol. The lowest BCUT2D eigenvalue weighted by Crippen LogP contribution is -2.56. The largest absolute Gasteiger partial charge is 0.368 e. The summed E-state index contributed by atoms with van der Waals surface area (Å²) in [5, 5.41) is 4.06. The Morgan fingerprint density at radius 1 is 1.29 bits per heavy atom. The van der Waals surface area contributed by atoms with Crippen LogP contribution in [-0.2, 0) is 14.8 Å². The molecular formula is C13H14N4O3S. The number of nitrogens with zero attached hydrogens (tertiary/aromatic N) is 3. The molecule has 0 spiro atoms. The van der Waals surface area contributed by atoms with Gasteiger partial charge in [-0.1, -0.05) is 18.2 Å². The molecule has 0 aliphatic carbocycles. The number of benzene rings is 1. The fourth-order valence-corrected chi connectivity index (χ4v) is 3.81. The number of para-hydroxylation sites is 1. The summed E-state index contributed by atoms with van der Waals surface area (Å²) in [7, 11) is -3.73. The van der Waals surface area contributed by atoms with Crippen molar-refractivity contribution in [1.82, 2.24) is 14.1 Å². The first-order chi connectivity index (χ1) is 10.00. The lowest BCUT2D eigenvalue weighted by Gasteiger charge is -2.36. The minimum atomic E-state index is -3.73. The van der Waals surface area contributed by atoms with E-state index in [2.05, 4.69) is 5.10 Å². The van der Waals surface area contributed by atoms with Gasteiger partial charge in [-0.3, -0.25) is 4.79 Å². The fourth-order valence-electron chi connectivity index (χ4n) is 2.23. The molecule has 2 N–H and O–H groups in total. The first-order valence-electron chi connectivity index (χ1n) is 6.41. The van der Waals surface area contributed by atoms with E-state index in [-0.39, 0.29) is 4.90 Å². The highest BCUT2D eigenvalue weighted by Crippen LogP contribution is 2.26. The molecule has 0 radical (unpaired) electrons. The van der Waals surface area contributed by atoms with Crippen molar-refractivity contribution in [1.29, 1.82) is 0 Å². The Labute approximate surface area is 122 Å². The summed E-state index contributed by atoms with van der Waals surface area (Å²) in [4.78, 5) is 11.2. The highest BCUT2D eigenvalue weighted by Gasteiger charge is 2.42. The molecule has 8 heteroatoms. The van der Waals surface area contributed by atoms with Crippen molar-refractivity contribution in [3.8, 4) is 5.69 Å². The van der Waals surface area contributed by atoms with Gasteiger partial charge >= 0.3 is 0 Å². The van der Waals surface area contributed by atoms with Gasteiger partial charge in [0.1, 0.15) is 10.9 Å². The zero-order chi connectivity index (χ0) is 15.0. The summed E-state index contributed by atoms with van der Waals surface area (Å²) < 4.78 is 27.5. The van der Waals surface area contributed by atoms with Crippen LogP contribution >= 0.6 is 0 Å². The molecule has 1 saturated heterocycles. The first kappa shape index (κ1) is 13.8. The molecule has 1 amide bonds. The summed E-state index contributed by atoms with van der Waals surface area (Å²) in [6, 6.07) is 8.42. The van der Waals surface area contributed by atoms with Gasteiger partial charge in [-0.15, -0.1) is 0 Å². The van der Waals surface area contributed by atoms with Gasteiger partial charge in [-0.25, -0.2) is 13.1 Å². The summed E-state index contributed by atoms with van der Waals surface area (Å²) in [6.45, 7) is 0.298. The Kier molecular flexibility index (Phi) is 3.26. The summed E-state index contributed by atoms with van der Waals surface area (Å²) in [5.41, 5.74) is 5.95. The van der Waals surface area contributed by atoms with E-state index in [1.54, 1.807) is 0 Å². The van der Waals surface area contributed by atoms with Crippen LogP contribution < -0.4 is 5.73 Å². The zero-order valence-corrected chi connectivity index (χ0v) is 11.9. The van der Waals surface area contributed by atoms with Gasteiger partial charge in [0.25, 0.3) is 0 Å². The molecule has 1 unspecified atom stereocenters. The van der Waals surface area contributed by atoms with Gasteiger partial charge in [-0.2, -0.15) is 9.40 Å². The number of amides is 1. The Morgan fingerprint density at radius 2 is 2.00 bits per heavy atom. The SMILES string of the molecule is NC(=O)C1CCN1S(=O)(=O)c1cnn(-c2ccccc2)c1. The maximum absolute atomic E-state index is 12.4. The molecule has 0 saturated carbocycles. The number of carbonyl (C=O) groups is 1. The molecule has 0 bridgehead atoms. The zero-order valence-electron chi connectivity index (χ0n) is 11.1. The van der Waals surface area contributed by atoms with Crippen LogP contribution in [-0.4, -0.2) is 41.0 Å². The third-order valence-corrected chi connectivity index (χ3v) is 5.35. The second-order valence-corrected chi connectivity index (χ2v) is 6.67. The Balaban J connectivity index is 1.91. The molecule has 1 fully saturated rings. The molecule has 2 aromatic rings. The van der Waals surface area contributed by atoms with Gasteiger partial charge in [-0.05, 0) is 18.6 Å². The Bertz CT molecular complexity index is 770. The van der Waals surface area contributed by atoms with Crippen LogP contribution in [0.4, 0.5) is 0 Å². The molecule has 7 nitrogen and oxygen atoms in total. The van der Waals surface area contributed by atoms with Crippen molar-refractivity contribution in [2.24, 2.45) is 5.73 Å². The number of hydrogen-bond acceptors (Lipinski definition) is 4. The van der Waals surface area contributed by atoms with E-state index in [1.807, 2.05) is 30.3 Å². The van der Waals surface area contributed by atoms with Gasteiger partial charge in [0.05, 0.1) is 18.1 Å². The highest BCUT2D eigenvalue weighted by molar-refractivity contribution is 7.89. The van der Waals surface area contributed by atoms with Gasteiger partial charge in [0.2, 0.25) is 15.9 Å². The Morgan fingerprint density at radius 3 is 2.57 bits per heavy atom. The van der Waals surface area contributed by atoms with Crippen LogP contribution in [0, 0.1) is 0 Å². The van der Waals surface area contributed by atoms with E-state index in [4.69, 9.17) is 5.73 Å². The van der Waals surface area contributed by atoms with Crippen molar-refractivity contribution in [2.75, 3.05) is 6.54 Å². The van der Waals surface area contributed by atoms with E-state index in [9.17, 15) is 13.2 Å². The van der Waals surface area contributed by atoms with Crippen molar-refractivity contribution >= 4 is 15.9 Å². The van der Waals surface area contributed by atoms with Gasteiger partial charge in [0.15, 0.2) is 0 Å². The lowest BCUT2D eigenvalue weighted by molar-refractivity contribution is -0.124. The second-order valence-electron chi connectivity index (χ2n) is 4.78. The fraction of sp³-hybridized carbons (Fsp3) is 0.231. The molecule has 1 aromatic heterocycles. The van der Waals surface area contributed by atoms with E-state index >= 15 is 0 Å². The first-order valence-corrected chi connectivity index (χ1v) is 7.85. The van der Waals surface area contributed by atoms with Crippen LogP contribution in [0.15, 0.2) is 47.6 Å². The average Bonchev–Trinajstić information content (AvgIpc) is 2.87. The lowest BCUT2D eigenvalue weighted by atomic mass is 10.1. The molecule has 1 atom stereocenters. The van der Waals surface area contributed by atoms with E-state index in [0.29, 0.717) is 13.0 Å². The van der Waals surface area contributed by atoms with Crippen molar-refractivity contribution in [3.63, 3.8) is 0 Å². The molecular weight excluding hydrogens is 292 g/mol. The van der Waals surface area contributed by atoms with Crippen LogP contribution in [0.25, 0.3) is 5.69 Å². The Hall–Kier alpha value is -2.19. The van der Waals surface area contributed by atoms with Gasteiger partial charge in [0, 0.05) is 6.54 Å². The van der Waals surface area contributed by atoms with Crippen LogP contribution in [0.2, 0.25) is 0 Å². The van der Waals surface area contributed by atoms with E-state index < -0.39 is 22.0 Å². The summed E-state index contributed by atoms with van der Waals surface area (Å²) >= 11 is 0. The number of primary amides is 1. The molecule has 110 valence electrons. The number of nitrogens with two attached hydrogens (primary N) is 1. The maximum Gasteiger partial charge on any atom is 0.246 e. The van der Waals surface area contributed by atoms with Crippen molar-refractivity contribution in [2.45, 2.75) is 17.4 Å². The normalized spacial score (nSPS) is 19.1. The topological polar surface area (TPSA) is 98.3 Å². The predicted octanol–water partition coefficient (Wildman–Crippen LogP) is 0.121. The number of carbonyl (C=O) groups excluding carboxylic acids is 1. The van der Waals surface area contributed by atoms with Crippen molar-refractivity contribution < 1.29 is 13.2 Å². The van der Waals surface area contributed by atoms with Crippen LogP contribution in [0.5, 0.6) is 0 Å². The summed E-state index contributed by atoms with van der Waals surface area (Å²) in [5.74, 6) is -0.625. The standard InChI is InChI=1S/C13H14N4O3S/c14-13(18)12-6-7-17(12)21(19,20)11-8-15-16(9-11)10-4-2-1-3-5-10/h1-5,8-9,12H,6-7H2,(H2,14,18). The van der Waals surface area contributed by atoms with Gasteiger partial charge < -0.3 is 5.73 Å². The summed E-state index contributed by atoms with van der Waals surface area (Å²) in [6.07, 6.45) is 3.17. The van der Waals surface area contributed by atoms with E-state index in [1.165, 1.54) is 17.1 Å². The quantitative estimate of drug-likeness (QED) is 0.867. The molecule has 3 rings (SSSR count). The molecule has 21 heavy (non-hydrogen) atoms.